The number of nitrogens with zero attached hydrogens (tertiary/aromatic N) is 2. The smallest absolute Gasteiger partial charge is 0.259 e. The predicted octanol–water partition coefficient (Wildman–Crippen LogP) is 3.13. The summed E-state index contributed by atoms with van der Waals surface area (Å²) in [6.07, 6.45) is 3.65. The van der Waals surface area contributed by atoms with Crippen molar-refractivity contribution in [1.82, 2.24) is 10.3 Å². The minimum atomic E-state index is -0.0603. The highest BCUT2D eigenvalue weighted by Crippen LogP contribution is 2.28. The zero-order chi connectivity index (χ0) is 15.4. The van der Waals surface area contributed by atoms with E-state index in [2.05, 4.69) is 10.3 Å². The number of hydrogen-bond acceptors (Lipinski definition) is 3. The lowest BCUT2D eigenvalue weighted by Crippen LogP contribution is -2.49. The third-order valence-electron chi connectivity index (χ3n) is 3.84. The highest BCUT2D eigenvalue weighted by molar-refractivity contribution is 6.33. The van der Waals surface area contributed by atoms with Crippen LogP contribution in [0.15, 0.2) is 48.7 Å². The third kappa shape index (κ3) is 3.13. The minimum absolute atomic E-state index is 0.0603. The van der Waals surface area contributed by atoms with Gasteiger partial charge in [-0.15, -0.1) is 0 Å². The molecular weight excluding hydrogens is 298 g/mol. The molecule has 1 atom stereocenters. The Balaban J connectivity index is 1.99. The van der Waals surface area contributed by atoms with Crippen molar-refractivity contribution in [2.75, 3.05) is 18.0 Å². The van der Waals surface area contributed by atoms with Crippen LogP contribution >= 0.6 is 11.6 Å². The zero-order valence-corrected chi connectivity index (χ0v) is 13.0. The molecule has 114 valence electrons. The standard InChI is InChI=1S/C17H18ClN3O/c18-15-9-5-11-20-16(15)21(14-8-4-10-19-12-14)17(22)13-6-2-1-3-7-13/h1-3,5-7,9,11,14,19H,4,8,10,12H2/t14-/m1/s1. The molecule has 2 heterocycles. The van der Waals surface area contributed by atoms with E-state index >= 15 is 0 Å². The SMILES string of the molecule is O=C(c1ccccc1)N(c1ncccc1Cl)[C@@H]1CCCNC1. The van der Waals surface area contributed by atoms with Crippen LogP contribution in [0, 0.1) is 0 Å². The molecule has 0 spiro atoms. The van der Waals surface area contributed by atoms with Gasteiger partial charge in [-0.1, -0.05) is 29.8 Å². The van der Waals surface area contributed by atoms with Gasteiger partial charge in [0.25, 0.3) is 5.91 Å². The molecule has 1 aromatic heterocycles. The van der Waals surface area contributed by atoms with Gasteiger partial charge in [0.1, 0.15) is 0 Å². The number of amides is 1. The molecule has 2 aromatic rings. The summed E-state index contributed by atoms with van der Waals surface area (Å²) in [7, 11) is 0. The number of benzene rings is 1. The highest BCUT2D eigenvalue weighted by Gasteiger charge is 2.29. The number of nitrogens with one attached hydrogen (secondary N) is 1. The predicted molar refractivity (Wildman–Crippen MR) is 88.4 cm³/mol. The first-order chi connectivity index (χ1) is 10.8. The van der Waals surface area contributed by atoms with Gasteiger partial charge in [0.15, 0.2) is 5.82 Å². The minimum Gasteiger partial charge on any atom is -0.315 e. The summed E-state index contributed by atoms with van der Waals surface area (Å²) in [5.41, 5.74) is 0.648. The van der Waals surface area contributed by atoms with Gasteiger partial charge < -0.3 is 5.32 Å². The highest BCUT2D eigenvalue weighted by atomic mass is 35.5. The molecule has 4 nitrogen and oxygen atoms in total. The Hall–Kier alpha value is -1.91. The lowest BCUT2D eigenvalue weighted by Gasteiger charge is -2.34. The van der Waals surface area contributed by atoms with Crippen LogP contribution in [0.2, 0.25) is 5.02 Å². The zero-order valence-electron chi connectivity index (χ0n) is 12.2. The fourth-order valence-corrected chi connectivity index (χ4v) is 2.98. The van der Waals surface area contributed by atoms with Crippen LogP contribution in [-0.4, -0.2) is 30.0 Å². The van der Waals surface area contributed by atoms with Gasteiger partial charge in [0.05, 0.1) is 11.1 Å². The summed E-state index contributed by atoms with van der Waals surface area (Å²) < 4.78 is 0. The molecule has 0 aliphatic carbocycles. The second-order valence-corrected chi connectivity index (χ2v) is 5.76. The summed E-state index contributed by atoms with van der Waals surface area (Å²) in [6.45, 7) is 1.74. The number of halogens is 1. The van der Waals surface area contributed by atoms with E-state index in [1.807, 2.05) is 30.3 Å². The van der Waals surface area contributed by atoms with Gasteiger partial charge in [-0.2, -0.15) is 0 Å². The maximum Gasteiger partial charge on any atom is 0.259 e. The topological polar surface area (TPSA) is 45.2 Å². The summed E-state index contributed by atoms with van der Waals surface area (Å²) in [4.78, 5) is 19.1. The number of rotatable bonds is 3. The van der Waals surface area contributed by atoms with Crippen molar-refractivity contribution in [3.63, 3.8) is 0 Å². The van der Waals surface area contributed by atoms with Crippen LogP contribution in [0.25, 0.3) is 0 Å². The monoisotopic (exact) mass is 315 g/mol. The first kappa shape index (κ1) is 15.0. The van der Waals surface area contributed by atoms with Crippen molar-refractivity contribution in [2.24, 2.45) is 0 Å². The quantitative estimate of drug-likeness (QED) is 0.946. The molecule has 1 aliphatic rings. The maximum absolute atomic E-state index is 13.0. The Morgan fingerprint density at radius 2 is 2.05 bits per heavy atom. The van der Waals surface area contributed by atoms with Crippen molar-refractivity contribution < 1.29 is 4.79 Å². The van der Waals surface area contributed by atoms with Crippen molar-refractivity contribution >= 4 is 23.3 Å². The van der Waals surface area contributed by atoms with E-state index in [-0.39, 0.29) is 11.9 Å². The molecule has 1 aliphatic heterocycles. The summed E-state index contributed by atoms with van der Waals surface area (Å²) in [5.74, 6) is 0.474. The molecule has 3 rings (SSSR count). The van der Waals surface area contributed by atoms with Gasteiger partial charge in [-0.05, 0) is 43.7 Å². The van der Waals surface area contributed by atoms with Crippen LogP contribution in [-0.2, 0) is 0 Å². The molecule has 1 fully saturated rings. The number of hydrogen-bond donors (Lipinski definition) is 1. The maximum atomic E-state index is 13.0. The Morgan fingerprint density at radius 1 is 1.23 bits per heavy atom. The molecule has 5 heteroatoms. The molecular formula is C17H18ClN3O. The van der Waals surface area contributed by atoms with E-state index in [1.165, 1.54) is 0 Å². The van der Waals surface area contributed by atoms with E-state index in [9.17, 15) is 4.79 Å². The number of anilines is 1. The Kier molecular flexibility index (Phi) is 4.71. The first-order valence-electron chi connectivity index (χ1n) is 7.47. The van der Waals surface area contributed by atoms with Crippen LogP contribution in [0.5, 0.6) is 0 Å². The molecule has 1 amide bonds. The largest absolute Gasteiger partial charge is 0.315 e. The van der Waals surface area contributed by atoms with E-state index in [4.69, 9.17) is 11.6 Å². The van der Waals surface area contributed by atoms with E-state index in [0.29, 0.717) is 16.4 Å². The van der Waals surface area contributed by atoms with Gasteiger partial charge >= 0.3 is 0 Å². The van der Waals surface area contributed by atoms with Gasteiger partial charge in [-0.25, -0.2) is 4.98 Å². The molecule has 0 saturated carbocycles. The van der Waals surface area contributed by atoms with Crippen LogP contribution in [0.4, 0.5) is 5.82 Å². The van der Waals surface area contributed by atoms with Gasteiger partial charge in [0.2, 0.25) is 0 Å². The van der Waals surface area contributed by atoms with Gasteiger partial charge in [-0.3, -0.25) is 9.69 Å². The van der Waals surface area contributed by atoms with Gasteiger partial charge in [0, 0.05) is 18.3 Å². The van der Waals surface area contributed by atoms with Crippen molar-refractivity contribution in [3.05, 3.63) is 59.2 Å². The van der Waals surface area contributed by atoms with Crippen LogP contribution < -0.4 is 10.2 Å². The van der Waals surface area contributed by atoms with Crippen molar-refractivity contribution in [3.8, 4) is 0 Å². The Labute approximate surface area is 135 Å². The summed E-state index contributed by atoms with van der Waals surface area (Å²) in [6, 6.07) is 12.9. The first-order valence-corrected chi connectivity index (χ1v) is 7.85. The lowest BCUT2D eigenvalue weighted by molar-refractivity contribution is 0.0971. The number of pyridine rings is 1. The molecule has 0 radical (unpaired) electrons. The number of aromatic nitrogens is 1. The number of carbonyl (C=O) groups excluding carboxylic acids is 1. The normalized spacial score (nSPS) is 18.0. The van der Waals surface area contributed by atoms with Crippen LogP contribution in [0.1, 0.15) is 23.2 Å². The molecule has 1 N–H and O–H groups in total. The van der Waals surface area contributed by atoms with E-state index in [1.54, 1.807) is 23.2 Å². The third-order valence-corrected chi connectivity index (χ3v) is 4.14. The number of carbonyl (C=O) groups is 1. The van der Waals surface area contributed by atoms with E-state index < -0.39 is 0 Å². The molecule has 1 aromatic carbocycles. The van der Waals surface area contributed by atoms with E-state index in [0.717, 1.165) is 25.9 Å². The Bertz CT molecular complexity index is 641. The fraction of sp³-hybridized carbons (Fsp3) is 0.294. The molecule has 0 unspecified atom stereocenters. The summed E-state index contributed by atoms with van der Waals surface area (Å²) >= 11 is 6.29. The number of piperidine rings is 1. The second kappa shape index (κ2) is 6.90. The fourth-order valence-electron chi connectivity index (χ4n) is 2.76. The average Bonchev–Trinajstić information content (AvgIpc) is 2.58. The second-order valence-electron chi connectivity index (χ2n) is 5.35. The summed E-state index contributed by atoms with van der Waals surface area (Å²) in [5, 5.41) is 3.84. The van der Waals surface area contributed by atoms with Crippen molar-refractivity contribution in [2.45, 2.75) is 18.9 Å². The lowest BCUT2D eigenvalue weighted by atomic mass is 10.0. The average molecular weight is 316 g/mol. The van der Waals surface area contributed by atoms with Crippen molar-refractivity contribution in [1.29, 1.82) is 0 Å². The Morgan fingerprint density at radius 3 is 2.73 bits per heavy atom. The molecule has 0 bridgehead atoms. The van der Waals surface area contributed by atoms with Crippen LogP contribution in [0.3, 0.4) is 0 Å². The molecule has 22 heavy (non-hydrogen) atoms. The molecule has 1 saturated heterocycles.